The fourth-order valence-corrected chi connectivity index (χ4v) is 1.83. The summed E-state index contributed by atoms with van der Waals surface area (Å²) in [6.07, 6.45) is 1.55. The second-order valence-electron chi connectivity index (χ2n) is 4.20. The van der Waals surface area contributed by atoms with Crippen LogP contribution in [0.1, 0.15) is 21.6 Å². The van der Waals surface area contributed by atoms with Crippen LogP contribution in [0, 0.1) is 6.92 Å². The summed E-state index contributed by atoms with van der Waals surface area (Å²) in [5.74, 6) is -0.0452. The average Bonchev–Trinajstić information content (AvgIpc) is 2.77. The molecule has 0 saturated heterocycles. The molecule has 0 radical (unpaired) electrons. The Labute approximate surface area is 111 Å². The Kier molecular flexibility index (Phi) is 3.67. The lowest BCUT2D eigenvalue weighted by atomic mass is 10.2. The standard InChI is InChI=1S/C13H14ClN3O/c1-9-12(7-15-16-9)13(18)17(2)8-10-3-5-11(14)6-4-10/h3-7H,8H2,1-2H3,(H,15,16). The fourth-order valence-electron chi connectivity index (χ4n) is 1.71. The summed E-state index contributed by atoms with van der Waals surface area (Å²) < 4.78 is 0. The molecule has 0 bridgehead atoms. The maximum Gasteiger partial charge on any atom is 0.257 e. The topological polar surface area (TPSA) is 49.0 Å². The lowest BCUT2D eigenvalue weighted by molar-refractivity contribution is 0.0784. The Bertz CT molecular complexity index is 548. The number of hydrogen-bond acceptors (Lipinski definition) is 2. The first-order valence-corrected chi connectivity index (χ1v) is 5.95. The number of halogens is 1. The summed E-state index contributed by atoms with van der Waals surface area (Å²) in [5, 5.41) is 7.31. The monoisotopic (exact) mass is 263 g/mol. The van der Waals surface area contributed by atoms with E-state index in [2.05, 4.69) is 10.2 Å². The number of carbonyl (C=O) groups is 1. The number of hydrogen-bond donors (Lipinski definition) is 1. The molecule has 1 aromatic heterocycles. The molecule has 1 N–H and O–H groups in total. The molecule has 94 valence electrons. The zero-order valence-corrected chi connectivity index (χ0v) is 11.0. The van der Waals surface area contributed by atoms with Gasteiger partial charge in [-0.25, -0.2) is 0 Å². The van der Waals surface area contributed by atoms with Crippen molar-refractivity contribution in [2.45, 2.75) is 13.5 Å². The fraction of sp³-hybridized carbons (Fsp3) is 0.231. The van der Waals surface area contributed by atoms with E-state index in [-0.39, 0.29) is 5.91 Å². The van der Waals surface area contributed by atoms with Crippen molar-refractivity contribution in [3.63, 3.8) is 0 Å². The van der Waals surface area contributed by atoms with E-state index >= 15 is 0 Å². The van der Waals surface area contributed by atoms with Crippen LogP contribution in [-0.2, 0) is 6.54 Å². The van der Waals surface area contributed by atoms with E-state index in [0.717, 1.165) is 11.3 Å². The third kappa shape index (κ3) is 2.71. The molecule has 2 rings (SSSR count). The Hall–Kier alpha value is -1.81. The molecule has 4 nitrogen and oxygen atoms in total. The quantitative estimate of drug-likeness (QED) is 0.926. The molecule has 0 spiro atoms. The molecule has 2 aromatic rings. The number of amides is 1. The molecule has 0 fully saturated rings. The number of benzene rings is 1. The lowest BCUT2D eigenvalue weighted by Crippen LogP contribution is -2.26. The summed E-state index contributed by atoms with van der Waals surface area (Å²) in [4.78, 5) is 13.8. The summed E-state index contributed by atoms with van der Waals surface area (Å²) in [6.45, 7) is 2.37. The third-order valence-corrected chi connectivity index (χ3v) is 2.99. The smallest absolute Gasteiger partial charge is 0.257 e. The minimum Gasteiger partial charge on any atom is -0.337 e. The number of aromatic nitrogens is 2. The van der Waals surface area contributed by atoms with Gasteiger partial charge in [-0.15, -0.1) is 0 Å². The highest BCUT2D eigenvalue weighted by Gasteiger charge is 2.15. The Balaban J connectivity index is 2.08. The molecular formula is C13H14ClN3O. The number of nitrogens with zero attached hydrogens (tertiary/aromatic N) is 2. The van der Waals surface area contributed by atoms with Gasteiger partial charge in [-0.1, -0.05) is 23.7 Å². The van der Waals surface area contributed by atoms with Gasteiger partial charge >= 0.3 is 0 Å². The second kappa shape index (κ2) is 5.23. The van der Waals surface area contributed by atoms with Crippen molar-refractivity contribution in [3.05, 3.63) is 52.3 Å². The number of aryl methyl sites for hydroxylation is 1. The molecule has 1 amide bonds. The van der Waals surface area contributed by atoms with Crippen molar-refractivity contribution in [3.8, 4) is 0 Å². The van der Waals surface area contributed by atoms with E-state index in [4.69, 9.17) is 11.6 Å². The minimum atomic E-state index is -0.0452. The van der Waals surface area contributed by atoms with Crippen LogP contribution in [0.3, 0.4) is 0 Å². The molecule has 0 aliphatic rings. The molecular weight excluding hydrogens is 250 g/mol. The predicted molar refractivity (Wildman–Crippen MR) is 70.6 cm³/mol. The Morgan fingerprint density at radius 3 is 2.61 bits per heavy atom. The normalized spacial score (nSPS) is 10.4. The molecule has 1 aromatic carbocycles. The molecule has 0 saturated carbocycles. The molecule has 5 heteroatoms. The van der Waals surface area contributed by atoms with Gasteiger partial charge in [0.05, 0.1) is 11.8 Å². The average molecular weight is 264 g/mol. The first-order chi connectivity index (χ1) is 8.58. The van der Waals surface area contributed by atoms with E-state index in [1.54, 1.807) is 18.1 Å². The molecule has 18 heavy (non-hydrogen) atoms. The Morgan fingerprint density at radius 2 is 2.06 bits per heavy atom. The summed E-state index contributed by atoms with van der Waals surface area (Å²) in [7, 11) is 1.77. The molecule has 0 unspecified atom stereocenters. The van der Waals surface area contributed by atoms with Crippen molar-refractivity contribution in [1.29, 1.82) is 0 Å². The maximum absolute atomic E-state index is 12.1. The van der Waals surface area contributed by atoms with Gasteiger partial charge < -0.3 is 4.90 Å². The van der Waals surface area contributed by atoms with Crippen LogP contribution in [0.25, 0.3) is 0 Å². The predicted octanol–water partition coefficient (Wildman–Crippen LogP) is 2.64. The zero-order chi connectivity index (χ0) is 13.1. The summed E-state index contributed by atoms with van der Waals surface area (Å²) in [5.41, 5.74) is 2.42. The van der Waals surface area contributed by atoms with Gasteiger partial charge in [0.1, 0.15) is 0 Å². The van der Waals surface area contributed by atoms with E-state index in [0.29, 0.717) is 17.1 Å². The number of nitrogens with one attached hydrogen (secondary N) is 1. The second-order valence-corrected chi connectivity index (χ2v) is 4.63. The van der Waals surface area contributed by atoms with E-state index in [9.17, 15) is 4.79 Å². The minimum absolute atomic E-state index is 0.0452. The highest BCUT2D eigenvalue weighted by molar-refractivity contribution is 6.30. The van der Waals surface area contributed by atoms with Gasteiger partial charge in [0.25, 0.3) is 5.91 Å². The van der Waals surface area contributed by atoms with Crippen molar-refractivity contribution in [2.24, 2.45) is 0 Å². The number of carbonyl (C=O) groups excluding carboxylic acids is 1. The molecule has 0 aliphatic heterocycles. The van der Waals surface area contributed by atoms with Gasteiger partial charge in [-0.05, 0) is 24.6 Å². The van der Waals surface area contributed by atoms with Crippen LogP contribution in [0.2, 0.25) is 5.02 Å². The lowest BCUT2D eigenvalue weighted by Gasteiger charge is -2.16. The molecule has 0 atom stereocenters. The summed E-state index contributed by atoms with van der Waals surface area (Å²) in [6, 6.07) is 7.46. The maximum atomic E-state index is 12.1. The third-order valence-electron chi connectivity index (χ3n) is 2.74. The van der Waals surface area contributed by atoms with Crippen LogP contribution in [0.4, 0.5) is 0 Å². The first-order valence-electron chi connectivity index (χ1n) is 5.58. The number of aromatic amines is 1. The zero-order valence-electron chi connectivity index (χ0n) is 10.3. The highest BCUT2D eigenvalue weighted by atomic mass is 35.5. The van der Waals surface area contributed by atoms with Gasteiger partial charge in [-0.2, -0.15) is 5.10 Å². The molecule has 0 aliphatic carbocycles. The van der Waals surface area contributed by atoms with Crippen LogP contribution in [0.15, 0.2) is 30.5 Å². The van der Waals surface area contributed by atoms with Gasteiger partial charge in [-0.3, -0.25) is 9.89 Å². The van der Waals surface area contributed by atoms with Crippen LogP contribution in [-0.4, -0.2) is 28.1 Å². The number of H-pyrrole nitrogens is 1. The van der Waals surface area contributed by atoms with Gasteiger partial charge in [0, 0.05) is 24.3 Å². The first kappa shape index (κ1) is 12.6. The Morgan fingerprint density at radius 1 is 1.39 bits per heavy atom. The number of rotatable bonds is 3. The van der Waals surface area contributed by atoms with Crippen LogP contribution < -0.4 is 0 Å². The molecule has 1 heterocycles. The van der Waals surface area contributed by atoms with Crippen LogP contribution in [0.5, 0.6) is 0 Å². The SMILES string of the molecule is Cc1[nH]ncc1C(=O)N(C)Cc1ccc(Cl)cc1. The van der Waals surface area contributed by atoms with E-state index < -0.39 is 0 Å². The van der Waals surface area contributed by atoms with E-state index in [1.165, 1.54) is 0 Å². The summed E-state index contributed by atoms with van der Waals surface area (Å²) >= 11 is 5.82. The van der Waals surface area contributed by atoms with Crippen molar-refractivity contribution in [2.75, 3.05) is 7.05 Å². The van der Waals surface area contributed by atoms with E-state index in [1.807, 2.05) is 31.2 Å². The van der Waals surface area contributed by atoms with Gasteiger partial charge in [0.2, 0.25) is 0 Å². The van der Waals surface area contributed by atoms with Crippen molar-refractivity contribution >= 4 is 17.5 Å². The highest BCUT2D eigenvalue weighted by Crippen LogP contribution is 2.13. The van der Waals surface area contributed by atoms with Crippen molar-refractivity contribution in [1.82, 2.24) is 15.1 Å². The van der Waals surface area contributed by atoms with Gasteiger partial charge in [0.15, 0.2) is 0 Å². The van der Waals surface area contributed by atoms with Crippen LogP contribution >= 0.6 is 11.6 Å². The largest absolute Gasteiger partial charge is 0.337 e. The van der Waals surface area contributed by atoms with Crippen molar-refractivity contribution < 1.29 is 4.79 Å².